The van der Waals surface area contributed by atoms with Gasteiger partial charge in [0.25, 0.3) is 0 Å². The monoisotopic (exact) mass is 517 g/mol. The van der Waals surface area contributed by atoms with Crippen molar-refractivity contribution in [2.45, 2.75) is 57.9 Å². The standard InChI is InChI=1S/C34H35N3O2/c1-2-29(38)16-4-3-5-18-31(36-33(39)22-27-15-10-14-25-12-8-9-17-30(25)27)34-35-23-32(37-34)28-20-19-24-11-6-7-13-26(24)21-28/h6-15,17,19-21,23,31,37H,2-5,16,18,22H2,1H3,(H,36,39)/q+1/t31-/m0/s1. The fraction of sp³-hybridized carbons (Fsp3) is 0.265. The molecule has 1 heterocycles. The number of carbonyl (C=O) groups is 2. The minimum Gasteiger partial charge on any atom is -0.342 e. The van der Waals surface area contributed by atoms with Crippen molar-refractivity contribution in [3.8, 4) is 0 Å². The van der Waals surface area contributed by atoms with Crippen LogP contribution in [-0.2, 0) is 16.0 Å². The number of Topliss-reactive ketones (excluding diaryl/α,β-unsaturated/α-hetero) is 1. The van der Waals surface area contributed by atoms with Crippen molar-refractivity contribution in [3.05, 3.63) is 102 Å². The Bertz CT molecular complexity index is 1550. The molecule has 0 aliphatic carbocycles. The third-order valence-electron chi connectivity index (χ3n) is 7.39. The van der Waals surface area contributed by atoms with E-state index >= 15 is 0 Å². The maximum atomic E-state index is 13.3. The van der Waals surface area contributed by atoms with Crippen LogP contribution in [0.1, 0.15) is 56.6 Å². The predicted molar refractivity (Wildman–Crippen MR) is 160 cm³/mol. The van der Waals surface area contributed by atoms with Crippen molar-refractivity contribution in [3.63, 3.8) is 0 Å². The van der Waals surface area contributed by atoms with Crippen LogP contribution in [0.5, 0.6) is 0 Å². The van der Waals surface area contributed by atoms with Crippen LogP contribution in [0.3, 0.4) is 0 Å². The lowest BCUT2D eigenvalue weighted by Gasteiger charge is -2.16. The molecule has 5 nitrogen and oxygen atoms in total. The van der Waals surface area contributed by atoms with E-state index in [1.165, 1.54) is 10.8 Å². The first-order chi connectivity index (χ1) is 19.1. The van der Waals surface area contributed by atoms with Gasteiger partial charge in [0.05, 0.1) is 6.42 Å². The maximum Gasteiger partial charge on any atom is 0.319 e. The SMILES string of the molecule is CCC(=O)CCCCC[C@H](NC(=O)Cc1cccc2ccccc12)C1=[N+]C=C(c2ccc3ccccc3c2)N1. The van der Waals surface area contributed by atoms with Crippen molar-refractivity contribution in [1.82, 2.24) is 15.6 Å². The number of hydrogen-bond acceptors (Lipinski definition) is 4. The first-order valence-corrected chi connectivity index (χ1v) is 13.9. The molecule has 1 aliphatic rings. The molecule has 5 heteroatoms. The Hall–Kier alpha value is -4.25. The number of carbonyl (C=O) groups excluding carboxylic acids is 2. The molecule has 0 unspecified atom stereocenters. The van der Waals surface area contributed by atoms with E-state index in [-0.39, 0.29) is 11.9 Å². The molecule has 39 heavy (non-hydrogen) atoms. The smallest absolute Gasteiger partial charge is 0.319 e. The zero-order chi connectivity index (χ0) is 27.0. The third-order valence-corrected chi connectivity index (χ3v) is 7.39. The molecule has 0 bridgehead atoms. The Labute approximate surface area is 230 Å². The molecule has 0 saturated heterocycles. The predicted octanol–water partition coefficient (Wildman–Crippen LogP) is 6.29. The zero-order valence-electron chi connectivity index (χ0n) is 22.5. The summed E-state index contributed by atoms with van der Waals surface area (Å²) in [5.41, 5.74) is 3.00. The van der Waals surface area contributed by atoms with Gasteiger partial charge in [0.1, 0.15) is 11.8 Å². The minimum atomic E-state index is -0.233. The number of ketones is 1. The van der Waals surface area contributed by atoms with Gasteiger partial charge in [-0.25, -0.2) is 5.32 Å². The van der Waals surface area contributed by atoms with E-state index in [0.717, 1.165) is 59.1 Å². The van der Waals surface area contributed by atoms with E-state index in [1.807, 2.05) is 49.5 Å². The van der Waals surface area contributed by atoms with Crippen LogP contribution in [0.15, 0.2) is 91.1 Å². The van der Waals surface area contributed by atoms with E-state index < -0.39 is 0 Å². The highest BCUT2D eigenvalue weighted by Crippen LogP contribution is 2.22. The van der Waals surface area contributed by atoms with Gasteiger partial charge in [-0.1, -0.05) is 92.6 Å². The summed E-state index contributed by atoms with van der Waals surface area (Å²) in [6.07, 6.45) is 6.86. The number of hydrogen-bond donors (Lipinski definition) is 2. The number of amides is 1. The number of fused-ring (bicyclic) bond motifs is 2. The van der Waals surface area contributed by atoms with Gasteiger partial charge in [0, 0.05) is 18.4 Å². The van der Waals surface area contributed by atoms with E-state index in [2.05, 4.69) is 59.2 Å². The lowest BCUT2D eigenvalue weighted by atomic mass is 10.0. The number of unbranched alkanes of at least 4 members (excludes halogenated alkanes) is 2. The van der Waals surface area contributed by atoms with Crippen LogP contribution < -0.4 is 15.6 Å². The van der Waals surface area contributed by atoms with Crippen LogP contribution in [0.2, 0.25) is 0 Å². The minimum absolute atomic E-state index is 0.0267. The van der Waals surface area contributed by atoms with Crippen molar-refractivity contribution >= 4 is 44.8 Å². The van der Waals surface area contributed by atoms with Crippen molar-refractivity contribution in [1.29, 1.82) is 0 Å². The average Bonchev–Trinajstić information content (AvgIpc) is 3.46. The Morgan fingerprint density at radius 3 is 2.46 bits per heavy atom. The van der Waals surface area contributed by atoms with E-state index in [9.17, 15) is 9.59 Å². The van der Waals surface area contributed by atoms with Gasteiger partial charge >= 0.3 is 5.84 Å². The molecule has 1 radical (unpaired) electrons. The molecular weight excluding hydrogens is 482 g/mol. The maximum absolute atomic E-state index is 13.3. The van der Waals surface area contributed by atoms with Crippen LogP contribution in [0.25, 0.3) is 27.2 Å². The molecule has 197 valence electrons. The summed E-state index contributed by atoms with van der Waals surface area (Å²) in [5, 5.41) is 11.3. The van der Waals surface area contributed by atoms with Crippen LogP contribution in [-0.4, -0.2) is 23.6 Å². The van der Waals surface area contributed by atoms with Crippen molar-refractivity contribution in [2.75, 3.05) is 0 Å². The molecule has 5 rings (SSSR count). The van der Waals surface area contributed by atoms with Crippen molar-refractivity contribution in [2.24, 2.45) is 0 Å². The second-order valence-corrected chi connectivity index (χ2v) is 10.2. The van der Waals surface area contributed by atoms with Gasteiger partial charge in [0.2, 0.25) is 5.91 Å². The Kier molecular flexibility index (Phi) is 8.47. The first-order valence-electron chi connectivity index (χ1n) is 13.9. The Morgan fingerprint density at radius 1 is 0.846 bits per heavy atom. The molecular formula is C34H35N3O2+. The summed E-state index contributed by atoms with van der Waals surface area (Å²) in [5.74, 6) is 1.04. The molecule has 0 aromatic heterocycles. The third kappa shape index (κ3) is 6.61. The first kappa shape index (κ1) is 26.4. The number of aliphatic imine (C=N–C) groups is 1. The highest BCUT2D eigenvalue weighted by Gasteiger charge is 2.31. The topological polar surface area (TPSA) is 72.3 Å². The number of rotatable bonds is 12. The average molecular weight is 518 g/mol. The van der Waals surface area contributed by atoms with Gasteiger partial charge in [0.15, 0.2) is 11.9 Å². The van der Waals surface area contributed by atoms with E-state index in [4.69, 9.17) is 4.99 Å². The largest absolute Gasteiger partial charge is 0.342 e. The quantitative estimate of drug-likeness (QED) is 0.217. The molecule has 1 atom stereocenters. The summed E-state index contributed by atoms with van der Waals surface area (Å²) >= 11 is 0. The fourth-order valence-electron chi connectivity index (χ4n) is 5.18. The van der Waals surface area contributed by atoms with Gasteiger partial charge in [-0.2, -0.15) is 0 Å². The molecule has 0 saturated carbocycles. The van der Waals surface area contributed by atoms with Gasteiger partial charge in [-0.15, -0.1) is 0 Å². The van der Waals surface area contributed by atoms with E-state index in [1.54, 1.807) is 0 Å². The molecule has 2 N–H and O–H groups in total. The van der Waals surface area contributed by atoms with Crippen LogP contribution >= 0.6 is 0 Å². The second-order valence-electron chi connectivity index (χ2n) is 10.2. The fourth-order valence-corrected chi connectivity index (χ4v) is 5.18. The van der Waals surface area contributed by atoms with Gasteiger partial charge in [-0.3, -0.25) is 9.59 Å². The highest BCUT2D eigenvalue weighted by atomic mass is 16.1. The van der Waals surface area contributed by atoms with Crippen molar-refractivity contribution < 1.29 is 9.59 Å². The Morgan fingerprint density at radius 2 is 1.62 bits per heavy atom. The van der Waals surface area contributed by atoms with Gasteiger partial charge < -0.3 is 5.32 Å². The lowest BCUT2D eigenvalue weighted by molar-refractivity contribution is -0.121. The molecule has 0 spiro atoms. The lowest BCUT2D eigenvalue weighted by Crippen LogP contribution is -2.47. The normalized spacial score (nSPS) is 13.6. The molecule has 0 fully saturated rings. The van der Waals surface area contributed by atoms with Crippen LogP contribution in [0, 0.1) is 0 Å². The van der Waals surface area contributed by atoms with E-state index in [0.29, 0.717) is 25.0 Å². The zero-order valence-corrected chi connectivity index (χ0v) is 22.5. The second kappa shape index (κ2) is 12.5. The number of amidine groups is 1. The molecule has 4 aromatic rings. The Balaban J connectivity index is 1.27. The number of nitrogens with one attached hydrogen (secondary N) is 2. The molecule has 1 aliphatic heterocycles. The summed E-state index contributed by atoms with van der Waals surface area (Å²) in [7, 11) is 0. The summed E-state index contributed by atoms with van der Waals surface area (Å²) in [6.45, 7) is 1.91. The number of benzene rings is 4. The van der Waals surface area contributed by atoms with Gasteiger partial charge in [-0.05, 0) is 57.1 Å². The van der Waals surface area contributed by atoms with Crippen LogP contribution in [0.4, 0.5) is 0 Å². The summed E-state index contributed by atoms with van der Waals surface area (Å²) in [4.78, 5) is 29.7. The molecule has 1 amide bonds. The molecule has 4 aromatic carbocycles. The highest BCUT2D eigenvalue weighted by molar-refractivity contribution is 6.00. The summed E-state index contributed by atoms with van der Waals surface area (Å²) in [6, 6.07) is 28.7. The summed E-state index contributed by atoms with van der Waals surface area (Å²) < 4.78 is 0. The number of nitrogens with zero attached hydrogens (tertiary/aromatic N) is 1.